The lowest BCUT2D eigenvalue weighted by molar-refractivity contribution is -0.385. The predicted molar refractivity (Wildman–Crippen MR) is 62.7 cm³/mol. The Balaban J connectivity index is 2.24. The maximum absolute atomic E-state index is 11.5. The van der Waals surface area contributed by atoms with Crippen molar-refractivity contribution in [2.75, 3.05) is 6.54 Å². The highest BCUT2D eigenvalue weighted by Crippen LogP contribution is 2.25. The lowest BCUT2D eigenvalue weighted by atomic mass is 9.94. The molecule has 17 heavy (non-hydrogen) atoms. The van der Waals surface area contributed by atoms with Crippen molar-refractivity contribution in [3.05, 3.63) is 39.4 Å². The molecule has 1 N–H and O–H groups in total. The summed E-state index contributed by atoms with van der Waals surface area (Å²) in [4.78, 5) is 21.9. The molecule has 1 atom stereocenters. The third-order valence-electron chi connectivity index (χ3n) is 3.24. The second-order valence-electron chi connectivity index (χ2n) is 4.30. The van der Waals surface area contributed by atoms with Gasteiger partial charge in [-0.3, -0.25) is 14.9 Å². The largest absolute Gasteiger partial charge is 0.356 e. The molecular weight excluding hydrogens is 220 g/mol. The highest BCUT2D eigenvalue weighted by atomic mass is 16.6. The molecule has 0 bridgehead atoms. The van der Waals surface area contributed by atoms with Gasteiger partial charge in [-0.1, -0.05) is 12.1 Å². The molecule has 90 valence electrons. The number of rotatable bonds is 3. The maximum Gasteiger partial charge on any atom is 0.272 e. The number of hydrogen-bond acceptors (Lipinski definition) is 3. The first-order chi connectivity index (χ1) is 8.09. The van der Waals surface area contributed by atoms with Crippen molar-refractivity contribution in [3.8, 4) is 0 Å². The van der Waals surface area contributed by atoms with E-state index in [2.05, 4.69) is 5.32 Å². The number of amides is 1. The van der Waals surface area contributed by atoms with Crippen LogP contribution >= 0.6 is 0 Å². The summed E-state index contributed by atoms with van der Waals surface area (Å²) in [6.07, 6.45) is 1.39. The van der Waals surface area contributed by atoms with Crippen LogP contribution in [-0.4, -0.2) is 17.4 Å². The van der Waals surface area contributed by atoms with Gasteiger partial charge in [0.05, 0.1) is 4.92 Å². The lowest BCUT2D eigenvalue weighted by Gasteiger charge is -2.09. The number of nitrogens with zero attached hydrogens (tertiary/aromatic N) is 1. The Bertz CT molecular complexity index is 471. The molecule has 1 aromatic carbocycles. The molecule has 0 saturated carbocycles. The molecule has 1 aliphatic heterocycles. The van der Waals surface area contributed by atoms with E-state index < -0.39 is 0 Å². The zero-order valence-corrected chi connectivity index (χ0v) is 9.60. The topological polar surface area (TPSA) is 72.2 Å². The number of nitrogens with one attached hydrogen (secondary N) is 1. The second kappa shape index (κ2) is 4.53. The van der Waals surface area contributed by atoms with Crippen LogP contribution in [-0.2, 0) is 11.2 Å². The summed E-state index contributed by atoms with van der Waals surface area (Å²) in [6, 6.07) is 5.02. The van der Waals surface area contributed by atoms with Gasteiger partial charge in [0.15, 0.2) is 0 Å². The van der Waals surface area contributed by atoms with Crippen molar-refractivity contribution in [1.82, 2.24) is 5.32 Å². The maximum atomic E-state index is 11.5. The summed E-state index contributed by atoms with van der Waals surface area (Å²) in [5, 5.41) is 13.6. The summed E-state index contributed by atoms with van der Waals surface area (Å²) in [5.74, 6) is 0.00612. The minimum Gasteiger partial charge on any atom is -0.356 e. The van der Waals surface area contributed by atoms with E-state index in [4.69, 9.17) is 0 Å². The van der Waals surface area contributed by atoms with Crippen molar-refractivity contribution in [2.45, 2.75) is 19.8 Å². The number of benzene rings is 1. The fourth-order valence-corrected chi connectivity index (χ4v) is 2.19. The van der Waals surface area contributed by atoms with Gasteiger partial charge in [-0.2, -0.15) is 0 Å². The molecule has 1 unspecified atom stereocenters. The molecule has 5 nitrogen and oxygen atoms in total. The van der Waals surface area contributed by atoms with E-state index in [1.54, 1.807) is 13.0 Å². The van der Waals surface area contributed by atoms with E-state index in [1.165, 1.54) is 6.07 Å². The van der Waals surface area contributed by atoms with Gasteiger partial charge in [0.25, 0.3) is 5.69 Å². The highest BCUT2D eigenvalue weighted by Gasteiger charge is 2.25. The Morgan fingerprint density at radius 1 is 1.53 bits per heavy atom. The van der Waals surface area contributed by atoms with Crippen LogP contribution in [0.2, 0.25) is 0 Å². The molecule has 0 aliphatic carbocycles. The fraction of sp³-hybridized carbons (Fsp3) is 0.417. The molecule has 2 rings (SSSR count). The van der Waals surface area contributed by atoms with Gasteiger partial charge in [0.1, 0.15) is 0 Å². The Morgan fingerprint density at radius 2 is 2.29 bits per heavy atom. The van der Waals surface area contributed by atoms with Crippen LogP contribution in [0.25, 0.3) is 0 Å². The van der Waals surface area contributed by atoms with E-state index in [0.717, 1.165) is 12.0 Å². The first-order valence-corrected chi connectivity index (χ1v) is 5.60. The SMILES string of the molecule is Cc1c(CC2CCNC2=O)cccc1[N+](=O)[O-]. The summed E-state index contributed by atoms with van der Waals surface area (Å²) < 4.78 is 0. The number of nitro groups is 1. The zero-order chi connectivity index (χ0) is 12.4. The Labute approximate surface area is 99.0 Å². The summed E-state index contributed by atoms with van der Waals surface area (Å²) >= 11 is 0. The van der Waals surface area contributed by atoms with Gasteiger partial charge < -0.3 is 5.32 Å². The molecule has 1 aromatic rings. The Kier molecular flexibility index (Phi) is 3.08. The molecule has 1 fully saturated rings. The molecule has 5 heteroatoms. The van der Waals surface area contributed by atoms with E-state index in [1.807, 2.05) is 6.07 Å². The Morgan fingerprint density at radius 3 is 2.88 bits per heavy atom. The summed E-state index contributed by atoms with van der Waals surface area (Å²) in [7, 11) is 0. The standard InChI is InChI=1S/C12H14N2O3/c1-8-9(3-2-4-11(8)14(16)17)7-10-5-6-13-12(10)15/h2-4,10H,5-7H2,1H3,(H,13,15). The van der Waals surface area contributed by atoms with Gasteiger partial charge >= 0.3 is 0 Å². The van der Waals surface area contributed by atoms with E-state index >= 15 is 0 Å². The number of carbonyl (C=O) groups excluding carboxylic acids is 1. The molecule has 1 amide bonds. The molecule has 0 radical (unpaired) electrons. The van der Waals surface area contributed by atoms with Crippen molar-refractivity contribution in [3.63, 3.8) is 0 Å². The van der Waals surface area contributed by atoms with Gasteiger partial charge in [-0.05, 0) is 25.3 Å². The molecule has 1 aliphatic rings. The van der Waals surface area contributed by atoms with Crippen LogP contribution in [0, 0.1) is 23.0 Å². The van der Waals surface area contributed by atoms with Crippen LogP contribution in [0.1, 0.15) is 17.5 Å². The van der Waals surface area contributed by atoms with Crippen molar-refractivity contribution in [1.29, 1.82) is 0 Å². The minimum absolute atomic E-state index is 0.0456. The summed E-state index contributed by atoms with van der Waals surface area (Å²) in [5.41, 5.74) is 1.68. The van der Waals surface area contributed by atoms with Crippen LogP contribution in [0.5, 0.6) is 0 Å². The monoisotopic (exact) mass is 234 g/mol. The average molecular weight is 234 g/mol. The van der Waals surface area contributed by atoms with Gasteiger partial charge in [0, 0.05) is 24.1 Å². The van der Waals surface area contributed by atoms with Crippen LogP contribution in [0.4, 0.5) is 5.69 Å². The van der Waals surface area contributed by atoms with E-state index in [0.29, 0.717) is 18.5 Å². The van der Waals surface area contributed by atoms with Crippen molar-refractivity contribution in [2.24, 2.45) is 5.92 Å². The lowest BCUT2D eigenvalue weighted by Crippen LogP contribution is -2.20. The predicted octanol–water partition coefficient (Wildman–Crippen LogP) is 1.58. The minimum atomic E-state index is -0.381. The quantitative estimate of drug-likeness (QED) is 0.637. The van der Waals surface area contributed by atoms with Gasteiger partial charge in [-0.15, -0.1) is 0 Å². The third-order valence-corrected chi connectivity index (χ3v) is 3.24. The van der Waals surface area contributed by atoms with Crippen LogP contribution in [0.3, 0.4) is 0 Å². The number of carbonyl (C=O) groups is 1. The highest BCUT2D eigenvalue weighted by molar-refractivity contribution is 5.81. The molecule has 1 heterocycles. The smallest absolute Gasteiger partial charge is 0.272 e. The molecular formula is C12H14N2O3. The zero-order valence-electron chi connectivity index (χ0n) is 9.60. The summed E-state index contributed by atoms with van der Waals surface area (Å²) in [6.45, 7) is 2.44. The first kappa shape index (κ1) is 11.6. The fourth-order valence-electron chi connectivity index (χ4n) is 2.19. The van der Waals surface area contributed by atoms with E-state index in [9.17, 15) is 14.9 Å². The van der Waals surface area contributed by atoms with Crippen molar-refractivity contribution < 1.29 is 9.72 Å². The first-order valence-electron chi connectivity index (χ1n) is 5.60. The van der Waals surface area contributed by atoms with E-state index in [-0.39, 0.29) is 22.4 Å². The number of hydrogen-bond donors (Lipinski definition) is 1. The van der Waals surface area contributed by atoms with Gasteiger partial charge in [0.2, 0.25) is 5.91 Å². The molecule has 1 saturated heterocycles. The normalized spacial score (nSPS) is 19.1. The third kappa shape index (κ3) is 2.27. The second-order valence-corrected chi connectivity index (χ2v) is 4.30. The van der Waals surface area contributed by atoms with Crippen molar-refractivity contribution >= 4 is 11.6 Å². The Hall–Kier alpha value is -1.91. The van der Waals surface area contributed by atoms with Crippen LogP contribution < -0.4 is 5.32 Å². The van der Waals surface area contributed by atoms with Crippen LogP contribution in [0.15, 0.2) is 18.2 Å². The van der Waals surface area contributed by atoms with Gasteiger partial charge in [-0.25, -0.2) is 0 Å². The molecule has 0 spiro atoms. The molecule has 0 aromatic heterocycles. The number of nitro benzene ring substituents is 1. The average Bonchev–Trinajstić information content (AvgIpc) is 2.67.